The van der Waals surface area contributed by atoms with Crippen LogP contribution in [0.5, 0.6) is 5.75 Å². The molecule has 18 heavy (non-hydrogen) atoms. The summed E-state index contributed by atoms with van der Waals surface area (Å²) in [6.07, 6.45) is 2.24. The first-order chi connectivity index (χ1) is 8.66. The first-order valence-corrected chi connectivity index (χ1v) is 6.73. The predicted molar refractivity (Wildman–Crippen MR) is 71.9 cm³/mol. The van der Waals surface area contributed by atoms with E-state index < -0.39 is 4.92 Å². The van der Waals surface area contributed by atoms with Crippen LogP contribution in [0, 0.1) is 16.0 Å². The molecule has 1 heterocycles. The molecule has 0 aliphatic carbocycles. The van der Waals surface area contributed by atoms with Gasteiger partial charge < -0.3 is 10.1 Å². The minimum absolute atomic E-state index is 0.00754. The lowest BCUT2D eigenvalue weighted by Crippen LogP contribution is -2.33. The fraction of sp³-hybridized carbons (Fsp3) is 0.500. The van der Waals surface area contributed by atoms with Gasteiger partial charge >= 0.3 is 5.69 Å². The third-order valence-corrected chi connectivity index (χ3v) is 3.48. The van der Waals surface area contributed by atoms with Crippen LogP contribution in [0.25, 0.3) is 0 Å². The highest BCUT2D eigenvalue weighted by Crippen LogP contribution is 2.30. The van der Waals surface area contributed by atoms with Crippen molar-refractivity contribution in [1.82, 2.24) is 5.32 Å². The van der Waals surface area contributed by atoms with Gasteiger partial charge in [-0.1, -0.05) is 15.9 Å². The zero-order valence-electron chi connectivity index (χ0n) is 9.89. The number of ether oxygens (including phenoxy) is 1. The van der Waals surface area contributed by atoms with E-state index in [9.17, 15) is 10.1 Å². The standard InChI is InChI=1S/C12H15BrN2O3/c13-10-3-4-12(11(6-10)15(16)17)18-8-9-2-1-5-14-7-9/h3-4,6,9,14H,1-2,5,7-8H2/t9-/m1/s1. The maximum absolute atomic E-state index is 10.9. The Morgan fingerprint density at radius 3 is 3.06 bits per heavy atom. The Labute approximate surface area is 114 Å². The molecule has 1 atom stereocenters. The molecule has 1 N–H and O–H groups in total. The molecule has 1 saturated heterocycles. The lowest BCUT2D eigenvalue weighted by molar-refractivity contribution is -0.386. The molecule has 0 aromatic heterocycles. The van der Waals surface area contributed by atoms with E-state index in [-0.39, 0.29) is 5.69 Å². The summed E-state index contributed by atoms with van der Waals surface area (Å²) in [6, 6.07) is 4.86. The monoisotopic (exact) mass is 314 g/mol. The molecule has 1 aromatic carbocycles. The molecule has 0 spiro atoms. The van der Waals surface area contributed by atoms with Crippen LogP contribution in [-0.2, 0) is 0 Å². The van der Waals surface area contributed by atoms with E-state index in [4.69, 9.17) is 4.74 Å². The van der Waals surface area contributed by atoms with E-state index in [1.807, 2.05) is 0 Å². The van der Waals surface area contributed by atoms with Gasteiger partial charge in [0.2, 0.25) is 0 Å². The molecular formula is C12H15BrN2O3. The number of benzene rings is 1. The topological polar surface area (TPSA) is 64.4 Å². The molecular weight excluding hydrogens is 300 g/mol. The summed E-state index contributed by atoms with van der Waals surface area (Å²) < 4.78 is 6.27. The maximum Gasteiger partial charge on any atom is 0.312 e. The summed E-state index contributed by atoms with van der Waals surface area (Å²) in [5.41, 5.74) is 0.00754. The van der Waals surface area contributed by atoms with Crippen molar-refractivity contribution in [2.45, 2.75) is 12.8 Å². The van der Waals surface area contributed by atoms with Crippen LogP contribution < -0.4 is 10.1 Å². The van der Waals surface area contributed by atoms with E-state index in [1.54, 1.807) is 12.1 Å². The van der Waals surface area contributed by atoms with Crippen LogP contribution in [0.2, 0.25) is 0 Å². The Hall–Kier alpha value is -1.14. The van der Waals surface area contributed by atoms with Crippen molar-refractivity contribution in [3.63, 3.8) is 0 Å². The highest BCUT2D eigenvalue weighted by atomic mass is 79.9. The Balaban J connectivity index is 2.01. The van der Waals surface area contributed by atoms with Crippen molar-refractivity contribution in [1.29, 1.82) is 0 Å². The van der Waals surface area contributed by atoms with Crippen LogP contribution in [-0.4, -0.2) is 24.6 Å². The minimum Gasteiger partial charge on any atom is -0.486 e. The molecule has 6 heteroatoms. The van der Waals surface area contributed by atoms with Gasteiger partial charge in [-0.25, -0.2) is 0 Å². The van der Waals surface area contributed by atoms with Crippen molar-refractivity contribution < 1.29 is 9.66 Å². The smallest absolute Gasteiger partial charge is 0.312 e. The van der Waals surface area contributed by atoms with Gasteiger partial charge in [0, 0.05) is 23.0 Å². The summed E-state index contributed by atoms with van der Waals surface area (Å²) in [5, 5.41) is 14.2. The van der Waals surface area contributed by atoms with Crippen molar-refractivity contribution >= 4 is 21.6 Å². The van der Waals surface area contributed by atoms with Crippen LogP contribution in [0.1, 0.15) is 12.8 Å². The van der Waals surface area contributed by atoms with Gasteiger partial charge in [0.25, 0.3) is 0 Å². The van der Waals surface area contributed by atoms with E-state index in [0.29, 0.717) is 22.7 Å². The van der Waals surface area contributed by atoms with E-state index in [0.717, 1.165) is 25.9 Å². The SMILES string of the molecule is O=[N+]([O-])c1cc(Br)ccc1OC[C@@H]1CCCNC1. The fourth-order valence-corrected chi connectivity index (χ4v) is 2.38. The number of nitro groups is 1. The lowest BCUT2D eigenvalue weighted by atomic mass is 10.0. The maximum atomic E-state index is 10.9. The van der Waals surface area contributed by atoms with Gasteiger partial charge in [-0.2, -0.15) is 0 Å². The van der Waals surface area contributed by atoms with Crippen molar-refractivity contribution in [3.8, 4) is 5.75 Å². The summed E-state index contributed by atoms with van der Waals surface area (Å²) in [5.74, 6) is 0.774. The molecule has 0 radical (unpaired) electrons. The number of hydrogen-bond donors (Lipinski definition) is 1. The normalized spacial score (nSPS) is 19.5. The molecule has 0 amide bonds. The van der Waals surface area contributed by atoms with E-state index >= 15 is 0 Å². The molecule has 0 bridgehead atoms. The lowest BCUT2D eigenvalue weighted by Gasteiger charge is -2.22. The van der Waals surface area contributed by atoms with Crippen molar-refractivity contribution in [3.05, 3.63) is 32.8 Å². The Kier molecular flexibility index (Phi) is 4.54. The second-order valence-corrected chi connectivity index (χ2v) is 5.31. The number of hydrogen-bond acceptors (Lipinski definition) is 4. The Bertz CT molecular complexity index is 433. The molecule has 2 rings (SSSR count). The summed E-state index contributed by atoms with van der Waals surface area (Å²) in [4.78, 5) is 10.5. The number of piperidine rings is 1. The second kappa shape index (κ2) is 6.15. The van der Waals surface area contributed by atoms with E-state index in [1.165, 1.54) is 6.07 Å². The average Bonchev–Trinajstić information content (AvgIpc) is 2.38. The van der Waals surface area contributed by atoms with Gasteiger partial charge in [-0.15, -0.1) is 0 Å². The Morgan fingerprint density at radius 1 is 1.56 bits per heavy atom. The molecule has 98 valence electrons. The minimum atomic E-state index is -0.417. The van der Waals surface area contributed by atoms with Gasteiger partial charge in [0.1, 0.15) is 0 Å². The van der Waals surface area contributed by atoms with E-state index in [2.05, 4.69) is 21.2 Å². The van der Waals surface area contributed by atoms with Crippen LogP contribution in [0.4, 0.5) is 5.69 Å². The molecule has 0 saturated carbocycles. The van der Waals surface area contributed by atoms with Crippen molar-refractivity contribution in [2.24, 2.45) is 5.92 Å². The van der Waals surface area contributed by atoms with Gasteiger partial charge in [-0.3, -0.25) is 10.1 Å². The quantitative estimate of drug-likeness (QED) is 0.685. The van der Waals surface area contributed by atoms with Crippen molar-refractivity contribution in [2.75, 3.05) is 19.7 Å². The largest absolute Gasteiger partial charge is 0.486 e. The van der Waals surface area contributed by atoms with Crippen LogP contribution in [0.3, 0.4) is 0 Å². The average molecular weight is 315 g/mol. The molecule has 1 aromatic rings. The first-order valence-electron chi connectivity index (χ1n) is 5.94. The summed E-state index contributed by atoms with van der Waals surface area (Å²) >= 11 is 3.22. The van der Waals surface area contributed by atoms with Gasteiger partial charge in [0.05, 0.1) is 11.5 Å². The number of nitrogens with one attached hydrogen (secondary N) is 1. The summed E-state index contributed by atoms with van der Waals surface area (Å²) in [7, 11) is 0. The number of nitrogens with zero attached hydrogens (tertiary/aromatic N) is 1. The highest BCUT2D eigenvalue weighted by molar-refractivity contribution is 9.10. The fourth-order valence-electron chi connectivity index (χ4n) is 2.03. The van der Waals surface area contributed by atoms with Gasteiger partial charge in [-0.05, 0) is 31.5 Å². The summed E-state index contributed by atoms with van der Waals surface area (Å²) in [6.45, 7) is 2.49. The molecule has 1 aliphatic rings. The molecule has 1 fully saturated rings. The second-order valence-electron chi connectivity index (χ2n) is 4.39. The number of halogens is 1. The van der Waals surface area contributed by atoms with Crippen LogP contribution in [0.15, 0.2) is 22.7 Å². The first kappa shape index (κ1) is 13.3. The Morgan fingerprint density at radius 2 is 2.39 bits per heavy atom. The number of nitro benzene ring substituents is 1. The zero-order valence-corrected chi connectivity index (χ0v) is 11.5. The predicted octanol–water partition coefficient (Wildman–Crippen LogP) is 2.74. The molecule has 0 unspecified atom stereocenters. The van der Waals surface area contributed by atoms with Gasteiger partial charge in [0.15, 0.2) is 5.75 Å². The van der Waals surface area contributed by atoms with Crippen LogP contribution >= 0.6 is 15.9 Å². The number of rotatable bonds is 4. The zero-order chi connectivity index (χ0) is 13.0. The third kappa shape index (κ3) is 3.43. The highest BCUT2D eigenvalue weighted by Gasteiger charge is 2.18. The molecule has 1 aliphatic heterocycles. The molecule has 5 nitrogen and oxygen atoms in total. The third-order valence-electron chi connectivity index (χ3n) is 2.99.